The lowest BCUT2D eigenvalue weighted by molar-refractivity contribution is 0.0653. The van der Waals surface area contributed by atoms with Gasteiger partial charge in [0.2, 0.25) is 0 Å². The van der Waals surface area contributed by atoms with E-state index in [0.717, 1.165) is 6.20 Å². The molecule has 0 amide bonds. The van der Waals surface area contributed by atoms with Crippen LogP contribution in [0.15, 0.2) is 17.6 Å². The van der Waals surface area contributed by atoms with Gasteiger partial charge in [-0.25, -0.2) is 9.59 Å². The summed E-state index contributed by atoms with van der Waals surface area (Å²) >= 11 is 1.17. The lowest BCUT2D eigenvalue weighted by Crippen LogP contribution is -2.08. The average molecular weight is 223 g/mol. The van der Waals surface area contributed by atoms with Crippen LogP contribution in [0.1, 0.15) is 20.7 Å². The predicted molar refractivity (Wildman–Crippen MR) is 53.5 cm³/mol. The van der Waals surface area contributed by atoms with Crippen molar-refractivity contribution in [3.8, 4) is 0 Å². The second kappa shape index (κ2) is 3.32. The van der Waals surface area contributed by atoms with E-state index in [9.17, 15) is 9.59 Å². The highest BCUT2D eigenvalue weighted by molar-refractivity contribution is 7.17. The van der Waals surface area contributed by atoms with Gasteiger partial charge in [0.25, 0.3) is 0 Å². The van der Waals surface area contributed by atoms with Gasteiger partial charge in [-0.05, 0) is 11.4 Å². The Morgan fingerprint density at radius 3 is 2.60 bits per heavy atom. The van der Waals surface area contributed by atoms with Crippen molar-refractivity contribution in [1.29, 1.82) is 0 Å². The van der Waals surface area contributed by atoms with Gasteiger partial charge >= 0.3 is 11.9 Å². The zero-order chi connectivity index (χ0) is 11.0. The van der Waals surface area contributed by atoms with Gasteiger partial charge < -0.3 is 10.2 Å². The number of hydrogen-bond acceptors (Lipinski definition) is 4. The number of aromatic nitrogens is 1. The van der Waals surface area contributed by atoms with E-state index in [4.69, 9.17) is 10.2 Å². The molecule has 0 aliphatic carbocycles. The summed E-state index contributed by atoms with van der Waals surface area (Å²) in [6, 6.07) is 1.65. The average Bonchev–Trinajstić information content (AvgIpc) is 2.62. The van der Waals surface area contributed by atoms with E-state index in [1.165, 1.54) is 11.3 Å². The van der Waals surface area contributed by atoms with Crippen LogP contribution in [0.2, 0.25) is 0 Å². The minimum Gasteiger partial charge on any atom is -0.478 e. The number of carboxylic acids is 2. The first-order valence-electron chi connectivity index (χ1n) is 3.94. The molecule has 15 heavy (non-hydrogen) atoms. The molecule has 0 saturated carbocycles. The fourth-order valence-corrected chi connectivity index (χ4v) is 2.18. The molecule has 2 aromatic heterocycles. The largest absolute Gasteiger partial charge is 0.478 e. The molecule has 5 nitrogen and oxygen atoms in total. The molecule has 0 fully saturated rings. The first-order chi connectivity index (χ1) is 7.11. The molecule has 76 valence electrons. The van der Waals surface area contributed by atoms with Crippen LogP contribution in [0.25, 0.3) is 10.2 Å². The van der Waals surface area contributed by atoms with Crippen molar-refractivity contribution in [2.75, 3.05) is 0 Å². The molecule has 0 aliphatic heterocycles. The summed E-state index contributed by atoms with van der Waals surface area (Å²) in [5.74, 6) is -2.53. The Balaban J connectivity index is 2.87. The number of fused-ring (bicyclic) bond motifs is 1. The molecule has 2 rings (SSSR count). The topological polar surface area (TPSA) is 87.5 Å². The summed E-state index contributed by atoms with van der Waals surface area (Å²) in [5, 5.41) is 19.4. The van der Waals surface area contributed by atoms with Crippen molar-refractivity contribution in [1.82, 2.24) is 4.98 Å². The molecule has 0 aromatic carbocycles. The van der Waals surface area contributed by atoms with Crippen LogP contribution in [0, 0.1) is 0 Å². The van der Waals surface area contributed by atoms with Gasteiger partial charge in [0.1, 0.15) is 0 Å². The highest BCUT2D eigenvalue weighted by Crippen LogP contribution is 2.25. The van der Waals surface area contributed by atoms with E-state index in [2.05, 4.69) is 4.98 Å². The van der Waals surface area contributed by atoms with Crippen molar-refractivity contribution in [2.24, 2.45) is 0 Å². The molecule has 0 radical (unpaired) electrons. The number of carbonyl (C=O) groups is 2. The first-order valence-corrected chi connectivity index (χ1v) is 4.82. The number of thiophene rings is 1. The maximum atomic E-state index is 11.0. The molecule has 0 saturated heterocycles. The van der Waals surface area contributed by atoms with E-state index >= 15 is 0 Å². The van der Waals surface area contributed by atoms with Crippen molar-refractivity contribution in [3.05, 3.63) is 28.8 Å². The van der Waals surface area contributed by atoms with E-state index < -0.39 is 11.9 Å². The third-order valence-corrected chi connectivity index (χ3v) is 2.84. The lowest BCUT2D eigenvalue weighted by atomic mass is 10.1. The second-order valence-electron chi connectivity index (χ2n) is 2.79. The van der Waals surface area contributed by atoms with Gasteiger partial charge in [-0.2, -0.15) is 0 Å². The predicted octanol–water partition coefficient (Wildman–Crippen LogP) is 1.69. The minimum absolute atomic E-state index is 0.192. The molecule has 6 heteroatoms. The van der Waals surface area contributed by atoms with E-state index in [0.29, 0.717) is 10.2 Å². The highest BCUT2D eigenvalue weighted by atomic mass is 32.1. The van der Waals surface area contributed by atoms with Crippen LogP contribution in [0.3, 0.4) is 0 Å². The van der Waals surface area contributed by atoms with E-state index in [1.54, 1.807) is 11.4 Å². The van der Waals surface area contributed by atoms with Gasteiger partial charge in [0, 0.05) is 6.20 Å². The van der Waals surface area contributed by atoms with Crippen molar-refractivity contribution in [2.45, 2.75) is 0 Å². The number of rotatable bonds is 2. The minimum atomic E-state index is -1.28. The van der Waals surface area contributed by atoms with Gasteiger partial charge in [0.05, 0.1) is 21.3 Å². The number of carboxylic acid groups (broad SMARTS) is 2. The van der Waals surface area contributed by atoms with Gasteiger partial charge in [-0.1, -0.05) is 0 Å². The van der Waals surface area contributed by atoms with Gasteiger partial charge in [-0.15, -0.1) is 11.3 Å². The molecule has 0 atom stereocenters. The Morgan fingerprint density at radius 1 is 1.27 bits per heavy atom. The quantitative estimate of drug-likeness (QED) is 0.808. The third-order valence-electron chi connectivity index (χ3n) is 1.92. The highest BCUT2D eigenvalue weighted by Gasteiger charge is 2.20. The van der Waals surface area contributed by atoms with Crippen LogP contribution >= 0.6 is 11.3 Å². The number of nitrogens with zero attached hydrogens (tertiary/aromatic N) is 1. The number of aromatic carboxylic acids is 2. The SMILES string of the molecule is O=C(O)c1cnc2ccsc2c1C(=O)O. The lowest BCUT2D eigenvalue weighted by Gasteiger charge is -2.01. The summed E-state index contributed by atoms with van der Waals surface area (Å²) in [6.45, 7) is 0. The summed E-state index contributed by atoms with van der Waals surface area (Å²) < 4.78 is 0.391. The zero-order valence-electron chi connectivity index (χ0n) is 7.30. The molecule has 2 aromatic rings. The van der Waals surface area contributed by atoms with Crippen LogP contribution in [0.4, 0.5) is 0 Å². The second-order valence-corrected chi connectivity index (χ2v) is 3.71. The van der Waals surface area contributed by atoms with Crippen LogP contribution in [0.5, 0.6) is 0 Å². The fourth-order valence-electron chi connectivity index (χ4n) is 1.29. The Hall–Kier alpha value is -1.95. The summed E-state index contributed by atoms with van der Waals surface area (Å²) in [5.41, 5.74) is 0.0300. The van der Waals surface area contributed by atoms with Crippen molar-refractivity contribution in [3.63, 3.8) is 0 Å². The Kier molecular flexibility index (Phi) is 2.12. The third kappa shape index (κ3) is 1.44. The fraction of sp³-hybridized carbons (Fsp3) is 0. The van der Waals surface area contributed by atoms with E-state index in [-0.39, 0.29) is 11.1 Å². The summed E-state index contributed by atoms with van der Waals surface area (Å²) in [6.07, 6.45) is 1.07. The first kappa shape index (κ1) is 9.60. The normalized spacial score (nSPS) is 10.4. The molecule has 0 unspecified atom stereocenters. The molecular weight excluding hydrogens is 218 g/mol. The van der Waals surface area contributed by atoms with E-state index in [1.807, 2.05) is 0 Å². The Labute approximate surface area is 87.6 Å². The standard InChI is InChI=1S/C9H5NO4S/c11-8(12)4-3-10-5-1-2-15-7(5)6(4)9(13)14/h1-3H,(H,11,12)(H,13,14). The molecule has 0 spiro atoms. The smallest absolute Gasteiger partial charge is 0.338 e. The summed E-state index contributed by atoms with van der Waals surface area (Å²) in [4.78, 5) is 25.6. The Bertz CT molecular complexity index is 560. The molecule has 2 N–H and O–H groups in total. The Morgan fingerprint density at radius 2 is 2.00 bits per heavy atom. The molecule has 0 aliphatic rings. The van der Waals surface area contributed by atoms with Crippen molar-refractivity contribution >= 4 is 33.5 Å². The van der Waals surface area contributed by atoms with Gasteiger partial charge in [-0.3, -0.25) is 4.98 Å². The zero-order valence-corrected chi connectivity index (χ0v) is 8.11. The summed E-state index contributed by atoms with van der Waals surface area (Å²) in [7, 11) is 0. The number of pyridine rings is 1. The van der Waals surface area contributed by atoms with Crippen LogP contribution < -0.4 is 0 Å². The van der Waals surface area contributed by atoms with Gasteiger partial charge in [0.15, 0.2) is 0 Å². The van der Waals surface area contributed by atoms with Crippen molar-refractivity contribution < 1.29 is 19.8 Å². The van der Waals surface area contributed by atoms with Crippen LogP contribution in [-0.4, -0.2) is 27.1 Å². The van der Waals surface area contributed by atoms with Crippen LogP contribution in [-0.2, 0) is 0 Å². The number of hydrogen-bond donors (Lipinski definition) is 2. The monoisotopic (exact) mass is 223 g/mol. The maximum Gasteiger partial charge on any atom is 0.338 e. The maximum absolute atomic E-state index is 11.0. The molecular formula is C9H5NO4S. The molecule has 2 heterocycles. The molecule has 0 bridgehead atoms.